The van der Waals surface area contributed by atoms with Crippen molar-refractivity contribution in [3.8, 4) is 0 Å². The van der Waals surface area contributed by atoms with Crippen molar-refractivity contribution in [2.24, 2.45) is 5.92 Å². The lowest BCUT2D eigenvalue weighted by Gasteiger charge is -2.33. The highest BCUT2D eigenvalue weighted by atomic mass is 31.2. The molecule has 27 heavy (non-hydrogen) atoms. The summed E-state index contributed by atoms with van der Waals surface area (Å²) in [5.41, 5.74) is 1.61. The Labute approximate surface area is 160 Å². The van der Waals surface area contributed by atoms with Crippen LogP contribution in [0.3, 0.4) is 0 Å². The highest BCUT2D eigenvalue weighted by molar-refractivity contribution is 7.75. The number of aliphatic hydroxyl groups excluding tert-OH is 1. The second-order valence-corrected chi connectivity index (χ2v) is 10.7. The Kier molecular flexibility index (Phi) is 5.30. The van der Waals surface area contributed by atoms with Gasteiger partial charge in [-0.25, -0.2) is 0 Å². The van der Waals surface area contributed by atoms with Gasteiger partial charge in [0.15, 0.2) is 0 Å². The number of hydrogen-bond donors (Lipinski definition) is 1. The van der Waals surface area contributed by atoms with Gasteiger partial charge < -0.3 is 14.4 Å². The number of carbonyl (C=O) groups excluding carboxylic acids is 1. The van der Waals surface area contributed by atoms with Crippen molar-refractivity contribution in [3.05, 3.63) is 77.5 Å². The molecule has 0 aliphatic carbocycles. The first-order chi connectivity index (χ1) is 12.8. The lowest BCUT2D eigenvalue weighted by molar-refractivity contribution is -0.148. The summed E-state index contributed by atoms with van der Waals surface area (Å²) in [6, 6.07) is 18.8. The van der Waals surface area contributed by atoms with Crippen LogP contribution < -0.4 is 0 Å². The molecule has 0 amide bonds. The quantitative estimate of drug-likeness (QED) is 0.550. The molecule has 0 fully saturated rings. The predicted octanol–water partition coefficient (Wildman–Crippen LogP) is 5.45. The van der Waals surface area contributed by atoms with Crippen molar-refractivity contribution in [3.63, 3.8) is 0 Å². The van der Waals surface area contributed by atoms with Crippen LogP contribution in [0.1, 0.15) is 31.9 Å². The first-order valence-electron chi connectivity index (χ1n) is 9.11. The SMILES string of the molecule is CCOC(=O)C1C(O)=C(c2ccccc2)P(=O)(Cc2ccccc2)C1(C)C. The molecule has 0 bridgehead atoms. The van der Waals surface area contributed by atoms with E-state index in [4.69, 9.17) is 4.74 Å². The van der Waals surface area contributed by atoms with Crippen LogP contribution in [0.25, 0.3) is 5.31 Å². The number of carbonyl (C=O) groups is 1. The number of benzene rings is 2. The van der Waals surface area contributed by atoms with Gasteiger partial charge in [-0.1, -0.05) is 74.5 Å². The van der Waals surface area contributed by atoms with E-state index in [2.05, 4.69) is 0 Å². The van der Waals surface area contributed by atoms with Crippen LogP contribution in [0.15, 0.2) is 66.4 Å². The number of ether oxygens (including phenoxy) is 1. The monoisotopic (exact) mass is 384 g/mol. The minimum absolute atomic E-state index is 0.121. The lowest BCUT2D eigenvalue weighted by atomic mass is 9.92. The van der Waals surface area contributed by atoms with Gasteiger partial charge in [0.2, 0.25) is 0 Å². The average molecular weight is 384 g/mol. The molecule has 2 aromatic rings. The fourth-order valence-corrected chi connectivity index (χ4v) is 7.43. The Morgan fingerprint density at radius 3 is 2.19 bits per heavy atom. The lowest BCUT2D eigenvalue weighted by Crippen LogP contribution is -2.35. The Morgan fingerprint density at radius 1 is 1.07 bits per heavy atom. The first kappa shape index (κ1) is 19.4. The van der Waals surface area contributed by atoms with E-state index >= 15 is 0 Å². The molecule has 1 aliphatic heterocycles. The van der Waals surface area contributed by atoms with Crippen molar-refractivity contribution >= 4 is 18.4 Å². The summed E-state index contributed by atoms with van der Waals surface area (Å²) in [5.74, 6) is -1.59. The van der Waals surface area contributed by atoms with E-state index in [0.717, 1.165) is 5.56 Å². The molecular formula is C22H25O4P. The van der Waals surface area contributed by atoms with Crippen molar-refractivity contribution in [1.29, 1.82) is 0 Å². The molecule has 3 rings (SSSR count). The first-order valence-corrected chi connectivity index (χ1v) is 11.0. The number of hydrogen-bond acceptors (Lipinski definition) is 4. The van der Waals surface area contributed by atoms with Crippen LogP contribution in [0, 0.1) is 5.92 Å². The van der Waals surface area contributed by atoms with Gasteiger partial charge in [0.25, 0.3) is 0 Å². The molecule has 0 spiro atoms. The van der Waals surface area contributed by atoms with E-state index in [9.17, 15) is 14.5 Å². The number of esters is 1. The molecule has 142 valence electrons. The summed E-state index contributed by atoms with van der Waals surface area (Å²) in [5, 5.41) is 10.5. The number of rotatable bonds is 5. The zero-order valence-electron chi connectivity index (χ0n) is 15.9. The highest BCUT2D eigenvalue weighted by Crippen LogP contribution is 2.77. The molecule has 2 aromatic carbocycles. The van der Waals surface area contributed by atoms with Crippen LogP contribution >= 0.6 is 7.14 Å². The second-order valence-electron chi connectivity index (χ2n) is 7.32. The van der Waals surface area contributed by atoms with E-state index in [0.29, 0.717) is 10.9 Å². The third-order valence-corrected chi connectivity index (χ3v) is 9.47. The zero-order valence-corrected chi connectivity index (χ0v) is 16.8. The van der Waals surface area contributed by atoms with Crippen LogP contribution in [-0.4, -0.2) is 22.8 Å². The normalized spacial score (nSPS) is 24.0. The summed E-state index contributed by atoms with van der Waals surface area (Å²) < 4.78 is 19.7. The van der Waals surface area contributed by atoms with Crippen LogP contribution in [0.2, 0.25) is 0 Å². The molecule has 1 aliphatic rings. The Hall–Kier alpha value is -2.32. The van der Waals surface area contributed by atoms with Crippen molar-refractivity contribution in [2.75, 3.05) is 6.61 Å². The van der Waals surface area contributed by atoms with Gasteiger partial charge in [0.1, 0.15) is 18.8 Å². The fourth-order valence-electron chi connectivity index (χ4n) is 3.85. The summed E-state index contributed by atoms with van der Waals surface area (Å²) in [4.78, 5) is 12.7. The number of aliphatic hydroxyl groups is 1. The van der Waals surface area contributed by atoms with E-state index < -0.39 is 24.2 Å². The zero-order chi connectivity index (χ0) is 19.7. The van der Waals surface area contributed by atoms with Gasteiger partial charge in [-0.15, -0.1) is 0 Å². The molecule has 2 unspecified atom stereocenters. The second kappa shape index (κ2) is 7.36. The molecule has 0 saturated heterocycles. The molecule has 0 saturated carbocycles. The van der Waals surface area contributed by atoms with Gasteiger partial charge in [0.05, 0.1) is 11.9 Å². The minimum Gasteiger partial charge on any atom is -0.511 e. The van der Waals surface area contributed by atoms with Gasteiger partial charge in [-0.3, -0.25) is 4.79 Å². The third kappa shape index (κ3) is 3.23. The molecular weight excluding hydrogens is 359 g/mol. The van der Waals surface area contributed by atoms with Crippen LogP contribution in [0.4, 0.5) is 0 Å². The largest absolute Gasteiger partial charge is 0.511 e. The van der Waals surface area contributed by atoms with Crippen LogP contribution in [-0.2, 0) is 20.3 Å². The van der Waals surface area contributed by atoms with E-state index in [1.54, 1.807) is 20.8 Å². The maximum atomic E-state index is 14.5. The summed E-state index contributed by atoms with van der Waals surface area (Å²) in [6.45, 7) is 5.53. The highest BCUT2D eigenvalue weighted by Gasteiger charge is 2.60. The average Bonchev–Trinajstić information content (AvgIpc) is 2.78. The van der Waals surface area contributed by atoms with Gasteiger partial charge in [-0.05, 0) is 18.1 Å². The van der Waals surface area contributed by atoms with E-state index in [-0.39, 0.29) is 18.5 Å². The summed E-state index contributed by atoms with van der Waals surface area (Å²) in [6.07, 6.45) is 0.283. The molecule has 1 heterocycles. The van der Waals surface area contributed by atoms with Gasteiger partial charge in [-0.2, -0.15) is 0 Å². The van der Waals surface area contributed by atoms with Crippen molar-refractivity contribution in [2.45, 2.75) is 32.1 Å². The molecule has 2 atom stereocenters. The molecule has 5 heteroatoms. The van der Waals surface area contributed by atoms with Crippen molar-refractivity contribution in [1.82, 2.24) is 0 Å². The molecule has 1 N–H and O–H groups in total. The maximum Gasteiger partial charge on any atom is 0.317 e. The maximum absolute atomic E-state index is 14.5. The Balaban J connectivity index is 2.19. The topological polar surface area (TPSA) is 63.6 Å². The third-order valence-electron chi connectivity index (χ3n) is 5.33. The smallest absolute Gasteiger partial charge is 0.317 e. The molecule has 0 radical (unpaired) electrons. The summed E-state index contributed by atoms with van der Waals surface area (Å²) >= 11 is 0. The minimum atomic E-state index is -3.19. The van der Waals surface area contributed by atoms with E-state index in [1.165, 1.54) is 0 Å². The molecule has 0 aromatic heterocycles. The van der Waals surface area contributed by atoms with Gasteiger partial charge in [0, 0.05) is 11.3 Å². The standard InChI is InChI=1S/C22H25O4P/c1-4-26-21(24)18-19(23)20(17-13-9-6-10-14-17)27(25,22(18,2)3)15-16-11-7-5-8-12-16/h5-14,18,23H,4,15H2,1-3H3. The summed E-state index contributed by atoms with van der Waals surface area (Å²) in [7, 11) is -3.19. The fraction of sp³-hybridized carbons (Fsp3) is 0.318. The van der Waals surface area contributed by atoms with Gasteiger partial charge >= 0.3 is 5.97 Å². The predicted molar refractivity (Wildman–Crippen MR) is 108 cm³/mol. The van der Waals surface area contributed by atoms with Crippen LogP contribution in [0.5, 0.6) is 0 Å². The van der Waals surface area contributed by atoms with E-state index in [1.807, 2.05) is 60.7 Å². The Morgan fingerprint density at radius 2 is 1.63 bits per heavy atom. The molecule has 4 nitrogen and oxygen atoms in total. The van der Waals surface area contributed by atoms with Crippen molar-refractivity contribution < 1.29 is 19.2 Å². The Bertz CT molecular complexity index is 900.